The Bertz CT molecular complexity index is 1560. The first-order valence-corrected chi connectivity index (χ1v) is 26.0. The van der Waals surface area contributed by atoms with Gasteiger partial charge >= 0.3 is 16.4 Å². The summed E-state index contributed by atoms with van der Waals surface area (Å²) in [6.45, 7) is 3.62. The average Bonchev–Trinajstić information content (AvgIpc) is 3.29. The second kappa shape index (κ2) is 43.1. The van der Waals surface area contributed by atoms with Crippen LogP contribution in [0.5, 0.6) is 0 Å². The van der Waals surface area contributed by atoms with Gasteiger partial charge in [0.1, 0.15) is 30.5 Å². The number of allylic oxidation sites excluding steroid dienone is 18. The van der Waals surface area contributed by atoms with E-state index in [1.54, 1.807) is 0 Å². The fourth-order valence-electron chi connectivity index (χ4n) is 6.75. The summed E-state index contributed by atoms with van der Waals surface area (Å²) in [7, 11) is -5.08. The van der Waals surface area contributed by atoms with Gasteiger partial charge in [-0.2, -0.15) is 8.42 Å². The minimum Gasteiger partial charge on any atom is -0.457 e. The Morgan fingerprint density at radius 1 is 0.576 bits per heavy atom. The molecule has 0 aromatic carbocycles. The fourth-order valence-corrected chi connectivity index (χ4v) is 7.26. The number of esters is 1. The molecule has 6 atom stereocenters. The van der Waals surface area contributed by atoms with E-state index >= 15 is 0 Å². The molecular weight excluding hydrogens is 861 g/mol. The molecule has 1 aliphatic rings. The third-order valence-electron chi connectivity index (χ3n) is 10.4. The van der Waals surface area contributed by atoms with Crippen LogP contribution in [0.1, 0.15) is 155 Å². The summed E-state index contributed by atoms with van der Waals surface area (Å²) < 4.78 is 59.1. The molecule has 6 unspecified atom stereocenters. The van der Waals surface area contributed by atoms with Gasteiger partial charge in [-0.25, -0.2) is 4.18 Å². The second-order valence-electron chi connectivity index (χ2n) is 16.3. The molecule has 13 heteroatoms. The Balaban J connectivity index is 2.43. The molecule has 0 aromatic rings. The molecule has 1 fully saturated rings. The van der Waals surface area contributed by atoms with Crippen molar-refractivity contribution in [1.29, 1.82) is 0 Å². The number of unbranched alkanes of at least 4 members (excludes halogenated alkanes) is 10. The van der Waals surface area contributed by atoms with E-state index in [-0.39, 0.29) is 19.6 Å². The van der Waals surface area contributed by atoms with Gasteiger partial charge in [-0.15, -0.1) is 0 Å². The molecule has 0 radical (unpaired) electrons. The number of carbonyl (C=O) groups is 1. The van der Waals surface area contributed by atoms with E-state index in [1.165, 1.54) is 19.3 Å². The minimum absolute atomic E-state index is 0.00445. The maximum Gasteiger partial charge on any atom is 0.397 e. The smallest absolute Gasteiger partial charge is 0.397 e. The van der Waals surface area contributed by atoms with Crippen molar-refractivity contribution in [2.75, 3.05) is 26.4 Å². The summed E-state index contributed by atoms with van der Waals surface area (Å²) >= 11 is 0. The van der Waals surface area contributed by atoms with Gasteiger partial charge in [0.15, 0.2) is 6.29 Å². The summed E-state index contributed by atoms with van der Waals surface area (Å²) in [5, 5.41) is 30.7. The second-order valence-corrected chi connectivity index (χ2v) is 17.3. The number of rotatable bonds is 41. The molecule has 66 heavy (non-hydrogen) atoms. The van der Waals surface area contributed by atoms with Crippen molar-refractivity contribution in [1.82, 2.24) is 0 Å². The third-order valence-corrected chi connectivity index (χ3v) is 10.9. The van der Waals surface area contributed by atoms with Crippen LogP contribution in [0.2, 0.25) is 0 Å². The summed E-state index contributed by atoms with van der Waals surface area (Å²) in [5.74, 6) is -0.428. The molecule has 0 spiro atoms. The Hall–Kier alpha value is -3.24. The van der Waals surface area contributed by atoms with Crippen molar-refractivity contribution in [2.24, 2.45) is 0 Å². The van der Waals surface area contributed by atoms with E-state index in [9.17, 15) is 33.1 Å². The third kappa shape index (κ3) is 35.9. The van der Waals surface area contributed by atoms with Crippen LogP contribution in [0.3, 0.4) is 0 Å². The van der Waals surface area contributed by atoms with Gasteiger partial charge in [0.2, 0.25) is 0 Å². The fraction of sp³-hybridized carbons (Fsp3) is 0.642. The molecule has 4 N–H and O–H groups in total. The van der Waals surface area contributed by atoms with Crippen LogP contribution >= 0.6 is 0 Å². The first-order valence-electron chi connectivity index (χ1n) is 24.6. The zero-order chi connectivity index (χ0) is 48.2. The van der Waals surface area contributed by atoms with E-state index < -0.39 is 59.8 Å². The lowest BCUT2D eigenvalue weighted by molar-refractivity contribution is -0.301. The zero-order valence-corrected chi connectivity index (χ0v) is 41.0. The number of carbonyl (C=O) groups excluding carboxylic acids is 1. The summed E-state index contributed by atoms with van der Waals surface area (Å²) in [4.78, 5) is 12.9. The molecule has 0 aromatic heterocycles. The maximum atomic E-state index is 12.9. The van der Waals surface area contributed by atoms with Crippen LogP contribution in [0, 0.1) is 0 Å². The number of hydrogen-bond donors (Lipinski definition) is 4. The van der Waals surface area contributed by atoms with Crippen molar-refractivity contribution in [3.63, 3.8) is 0 Å². The van der Waals surface area contributed by atoms with Crippen LogP contribution in [-0.4, -0.2) is 97.5 Å². The topological polar surface area (TPSA) is 178 Å². The molecule has 1 heterocycles. The van der Waals surface area contributed by atoms with E-state index in [1.807, 2.05) is 0 Å². The molecule has 1 aliphatic heterocycles. The van der Waals surface area contributed by atoms with E-state index in [2.05, 4.69) is 127 Å². The SMILES string of the molecule is CC/C=C\C/C=C\C/C=C\C/C=C\C/C=C\CCCCOCC(COC1OC(CO)C(O)C(OS(=O)(=O)O)C1O)OC(=O)CCCCCCCCCC/C=C\C/C=C\C/C=C\C/C=C\CC. The normalized spacial score (nSPS) is 20.5. The Labute approximate surface area is 398 Å². The van der Waals surface area contributed by atoms with Crippen molar-refractivity contribution < 1.29 is 56.2 Å². The van der Waals surface area contributed by atoms with E-state index in [4.69, 9.17) is 18.9 Å². The molecular formula is C53H86O12S. The first kappa shape index (κ1) is 60.8. The lowest BCUT2D eigenvalue weighted by Gasteiger charge is -2.41. The molecule has 1 rings (SSSR count). The van der Waals surface area contributed by atoms with Crippen LogP contribution in [0.25, 0.3) is 0 Å². The maximum absolute atomic E-state index is 12.9. The highest BCUT2D eigenvalue weighted by Gasteiger charge is 2.48. The quantitative estimate of drug-likeness (QED) is 0.0198. The van der Waals surface area contributed by atoms with Gasteiger partial charge < -0.3 is 34.3 Å². The number of ether oxygens (including phenoxy) is 4. The minimum atomic E-state index is -5.08. The summed E-state index contributed by atoms with van der Waals surface area (Å²) in [6.07, 6.45) is 51.2. The van der Waals surface area contributed by atoms with Gasteiger partial charge in [-0.1, -0.05) is 162 Å². The van der Waals surface area contributed by atoms with Crippen LogP contribution in [0.15, 0.2) is 109 Å². The summed E-state index contributed by atoms with van der Waals surface area (Å²) in [6, 6.07) is 0. The lowest BCUT2D eigenvalue weighted by Crippen LogP contribution is -2.60. The molecule has 376 valence electrons. The average molecular weight is 947 g/mol. The summed E-state index contributed by atoms with van der Waals surface area (Å²) in [5.41, 5.74) is 0. The molecule has 12 nitrogen and oxygen atoms in total. The van der Waals surface area contributed by atoms with Crippen molar-refractivity contribution in [2.45, 2.75) is 192 Å². The van der Waals surface area contributed by atoms with Crippen LogP contribution < -0.4 is 0 Å². The van der Waals surface area contributed by atoms with Crippen LogP contribution in [0.4, 0.5) is 0 Å². The lowest BCUT2D eigenvalue weighted by atomic mass is 9.99. The van der Waals surface area contributed by atoms with Gasteiger partial charge in [-0.05, 0) is 96.3 Å². The number of hydrogen-bond acceptors (Lipinski definition) is 11. The molecule has 0 amide bonds. The molecule has 1 saturated heterocycles. The Morgan fingerprint density at radius 3 is 1.45 bits per heavy atom. The van der Waals surface area contributed by atoms with E-state index in [0.717, 1.165) is 109 Å². The van der Waals surface area contributed by atoms with Crippen molar-refractivity contribution >= 4 is 16.4 Å². The van der Waals surface area contributed by atoms with Gasteiger partial charge in [0, 0.05) is 13.0 Å². The number of aliphatic hydroxyl groups is 3. The number of aliphatic hydroxyl groups excluding tert-OH is 3. The van der Waals surface area contributed by atoms with Gasteiger partial charge in [0.05, 0.1) is 19.8 Å². The highest BCUT2D eigenvalue weighted by Crippen LogP contribution is 2.26. The van der Waals surface area contributed by atoms with E-state index in [0.29, 0.717) is 13.0 Å². The first-order chi connectivity index (χ1) is 32.1. The van der Waals surface area contributed by atoms with Gasteiger partial charge in [0.25, 0.3) is 0 Å². The van der Waals surface area contributed by atoms with Crippen molar-refractivity contribution in [3.8, 4) is 0 Å². The van der Waals surface area contributed by atoms with Crippen molar-refractivity contribution in [3.05, 3.63) is 109 Å². The highest BCUT2D eigenvalue weighted by atomic mass is 32.3. The predicted molar refractivity (Wildman–Crippen MR) is 266 cm³/mol. The van der Waals surface area contributed by atoms with Gasteiger partial charge in [-0.3, -0.25) is 9.35 Å². The Morgan fingerprint density at radius 2 is 1.00 bits per heavy atom. The standard InChI is InChI=1S/C53H86O12S/c1-3-5-7-9-11-13-15-17-19-21-23-24-25-26-28-30-32-34-36-38-40-42-49(55)63-47(46-62-53-51(57)52(65-66(58,59)60)50(56)48(44-54)64-53)45-61-43-41-39-37-35-33-31-29-27-22-20-18-16-14-12-10-8-6-4-2/h5-8,11-14,17-20,23-24,27,29,33,35,47-48,50-54,56-57H,3-4,9-10,15-16,21-22,25-26,28,30-32,34,36-46H2,1-2H3,(H,58,59,60)/b7-5-,8-6-,13-11-,14-12-,19-17-,20-18-,24-23-,29-27-,35-33-. The molecule has 0 saturated carbocycles. The molecule has 0 aliphatic carbocycles. The molecule has 0 bridgehead atoms. The predicted octanol–water partition coefficient (Wildman–Crippen LogP) is 11.2. The largest absolute Gasteiger partial charge is 0.457 e. The van der Waals surface area contributed by atoms with Crippen LogP contribution in [-0.2, 0) is 38.3 Å². The highest BCUT2D eigenvalue weighted by molar-refractivity contribution is 7.80. The zero-order valence-electron chi connectivity index (χ0n) is 40.2. The monoisotopic (exact) mass is 947 g/mol. The Kier molecular flexibility index (Phi) is 39.7.